The van der Waals surface area contributed by atoms with Gasteiger partial charge in [-0.25, -0.2) is 4.98 Å². The molecule has 0 saturated carbocycles. The van der Waals surface area contributed by atoms with Gasteiger partial charge in [0.1, 0.15) is 0 Å². The molecule has 3 rings (SSSR count). The van der Waals surface area contributed by atoms with Crippen molar-refractivity contribution in [1.29, 1.82) is 0 Å². The Morgan fingerprint density at radius 3 is 2.46 bits per heavy atom. The average Bonchev–Trinajstić information content (AvgIpc) is 2.89. The van der Waals surface area contributed by atoms with Crippen LogP contribution >= 0.6 is 0 Å². The van der Waals surface area contributed by atoms with Crippen LogP contribution in [0.5, 0.6) is 11.5 Å². The highest BCUT2D eigenvalue weighted by atomic mass is 16.5. The molecule has 0 radical (unpaired) electrons. The summed E-state index contributed by atoms with van der Waals surface area (Å²) in [6.45, 7) is 3.40. The van der Waals surface area contributed by atoms with Crippen LogP contribution in [-0.4, -0.2) is 35.8 Å². The fourth-order valence-electron chi connectivity index (χ4n) is 2.60. The molecule has 0 unspecified atom stereocenters. The molecule has 1 aromatic heterocycles. The molecule has 1 aliphatic rings. The molecule has 1 N–H and O–H groups in total. The normalized spacial score (nSPS) is 15.4. The number of nitrogens with zero attached hydrogens (tertiary/aromatic N) is 3. The monoisotopic (exact) mass is 354 g/mol. The summed E-state index contributed by atoms with van der Waals surface area (Å²) in [4.78, 5) is 31.1. The quantitative estimate of drug-likeness (QED) is 0.846. The second-order valence-corrected chi connectivity index (χ2v) is 5.69. The van der Waals surface area contributed by atoms with Crippen LogP contribution in [0, 0.1) is 6.92 Å². The summed E-state index contributed by atoms with van der Waals surface area (Å²) in [5.74, 6) is 0.880. The van der Waals surface area contributed by atoms with E-state index >= 15 is 0 Å². The summed E-state index contributed by atoms with van der Waals surface area (Å²) in [7, 11) is 3.10. The third-order valence-electron chi connectivity index (χ3n) is 3.84. The molecule has 0 atom stereocenters. The van der Waals surface area contributed by atoms with Gasteiger partial charge in [-0.1, -0.05) is 6.07 Å². The topological polar surface area (TPSA) is 96.9 Å². The van der Waals surface area contributed by atoms with E-state index in [4.69, 9.17) is 9.47 Å². The summed E-state index contributed by atoms with van der Waals surface area (Å²) in [6.07, 6.45) is 1.71. The predicted octanol–water partition coefficient (Wildman–Crippen LogP) is 1.90. The Hall–Kier alpha value is -3.42. The van der Waals surface area contributed by atoms with Gasteiger partial charge in [-0.2, -0.15) is 10.1 Å². The molecular formula is C18H18N4O4. The molecule has 26 heavy (non-hydrogen) atoms. The van der Waals surface area contributed by atoms with Crippen molar-refractivity contribution in [2.24, 2.45) is 5.10 Å². The Balaban J connectivity index is 1.97. The number of hydrogen-bond acceptors (Lipinski definition) is 6. The molecule has 0 saturated heterocycles. The number of carbonyl (C=O) groups excluding carboxylic acids is 1. The summed E-state index contributed by atoms with van der Waals surface area (Å²) in [6, 6.07) is 6.68. The number of hydrogen-bond donors (Lipinski definition) is 1. The minimum atomic E-state index is -0.369. The number of aromatic nitrogens is 2. The molecular weight excluding hydrogens is 336 g/mol. The molecule has 2 heterocycles. The number of aryl methyl sites for hydroxylation is 1. The first-order valence-corrected chi connectivity index (χ1v) is 7.84. The fraction of sp³-hybridized carbons (Fsp3) is 0.222. The number of benzene rings is 1. The van der Waals surface area contributed by atoms with Gasteiger partial charge < -0.3 is 9.47 Å². The van der Waals surface area contributed by atoms with E-state index in [0.717, 1.165) is 10.6 Å². The van der Waals surface area contributed by atoms with Crippen LogP contribution in [0.15, 0.2) is 39.7 Å². The zero-order valence-electron chi connectivity index (χ0n) is 14.9. The first-order valence-electron chi connectivity index (χ1n) is 7.84. The number of methoxy groups -OCH3 is 2. The van der Waals surface area contributed by atoms with Crippen molar-refractivity contribution in [3.05, 3.63) is 51.4 Å². The van der Waals surface area contributed by atoms with Crippen molar-refractivity contribution in [2.75, 3.05) is 19.2 Å². The van der Waals surface area contributed by atoms with Crippen molar-refractivity contribution < 1.29 is 14.3 Å². The van der Waals surface area contributed by atoms with Gasteiger partial charge in [0.05, 0.1) is 25.5 Å². The lowest BCUT2D eigenvalue weighted by Crippen LogP contribution is -2.26. The van der Waals surface area contributed by atoms with Crippen LogP contribution in [0.25, 0.3) is 6.08 Å². The number of nitrogens with one attached hydrogen (secondary N) is 1. The number of ether oxygens (including phenoxy) is 2. The van der Waals surface area contributed by atoms with Gasteiger partial charge >= 0.3 is 0 Å². The lowest BCUT2D eigenvalue weighted by molar-refractivity contribution is -0.114. The number of carbonyl (C=O) groups is 1. The number of H-pyrrole nitrogens is 1. The number of anilines is 1. The standard InChI is InChI=1S/C18H18N4O4/c1-10-7-16(23)20-18(19-10)22-17(24)13(11(2)21-22)8-12-5-6-14(25-3)15(9-12)26-4/h5-9H,1-4H3,(H,19,20,23)/b13-8-. The molecule has 0 aliphatic carbocycles. The zero-order chi connectivity index (χ0) is 18.8. The van der Waals surface area contributed by atoms with Gasteiger partial charge in [0.15, 0.2) is 11.5 Å². The largest absolute Gasteiger partial charge is 0.493 e. The molecule has 1 amide bonds. The highest BCUT2D eigenvalue weighted by molar-refractivity contribution is 6.31. The Morgan fingerprint density at radius 2 is 1.81 bits per heavy atom. The van der Waals surface area contributed by atoms with E-state index in [1.54, 1.807) is 46.3 Å². The lowest BCUT2D eigenvalue weighted by atomic mass is 10.1. The molecule has 0 fully saturated rings. The van der Waals surface area contributed by atoms with Gasteiger partial charge in [0.25, 0.3) is 11.5 Å². The predicted molar refractivity (Wildman–Crippen MR) is 97.7 cm³/mol. The van der Waals surface area contributed by atoms with Gasteiger partial charge in [-0.3, -0.25) is 14.6 Å². The van der Waals surface area contributed by atoms with Crippen molar-refractivity contribution >= 4 is 23.6 Å². The molecule has 1 aliphatic heterocycles. The van der Waals surface area contributed by atoms with Gasteiger partial charge in [-0.15, -0.1) is 0 Å². The second kappa shape index (κ2) is 6.83. The number of hydrazone groups is 1. The van der Waals surface area contributed by atoms with Crippen molar-refractivity contribution in [3.8, 4) is 11.5 Å². The first-order chi connectivity index (χ1) is 12.4. The van der Waals surface area contributed by atoms with Crippen molar-refractivity contribution in [1.82, 2.24) is 9.97 Å². The molecule has 134 valence electrons. The average molecular weight is 354 g/mol. The maximum Gasteiger partial charge on any atom is 0.283 e. The summed E-state index contributed by atoms with van der Waals surface area (Å²) < 4.78 is 10.5. The van der Waals surface area contributed by atoms with Gasteiger partial charge in [0.2, 0.25) is 5.95 Å². The van der Waals surface area contributed by atoms with E-state index < -0.39 is 0 Å². The van der Waals surface area contributed by atoms with Crippen LogP contribution < -0.4 is 20.0 Å². The van der Waals surface area contributed by atoms with Crippen LogP contribution in [0.2, 0.25) is 0 Å². The lowest BCUT2D eigenvalue weighted by Gasteiger charge is -2.10. The minimum Gasteiger partial charge on any atom is -0.493 e. The molecule has 1 aromatic carbocycles. The van der Waals surface area contributed by atoms with Crippen LogP contribution in [0.3, 0.4) is 0 Å². The van der Waals surface area contributed by atoms with Crippen molar-refractivity contribution in [2.45, 2.75) is 13.8 Å². The third kappa shape index (κ3) is 3.21. The highest BCUT2D eigenvalue weighted by Gasteiger charge is 2.30. The second-order valence-electron chi connectivity index (χ2n) is 5.69. The number of amides is 1. The number of rotatable bonds is 4. The maximum atomic E-state index is 12.7. The number of aromatic amines is 1. The van der Waals surface area contributed by atoms with Gasteiger partial charge in [0, 0.05) is 11.8 Å². The fourth-order valence-corrected chi connectivity index (χ4v) is 2.60. The van der Waals surface area contributed by atoms with Gasteiger partial charge in [-0.05, 0) is 37.6 Å². The summed E-state index contributed by atoms with van der Waals surface area (Å²) in [5.41, 5.74) is 1.84. The van der Waals surface area contributed by atoms with E-state index in [2.05, 4.69) is 15.1 Å². The Kier molecular flexibility index (Phi) is 4.57. The van der Waals surface area contributed by atoms with E-state index in [1.807, 2.05) is 6.07 Å². The molecule has 2 aromatic rings. The smallest absolute Gasteiger partial charge is 0.283 e. The molecule has 0 spiro atoms. The Labute approximate surface area is 149 Å². The van der Waals surface area contributed by atoms with E-state index in [1.165, 1.54) is 6.07 Å². The van der Waals surface area contributed by atoms with Crippen LogP contribution in [-0.2, 0) is 4.79 Å². The SMILES string of the molecule is COc1ccc(/C=C2\C(=O)N(c3nc(C)cc(=O)[nH]3)N=C2C)cc1OC. The van der Waals surface area contributed by atoms with Crippen LogP contribution in [0.4, 0.5) is 5.95 Å². The zero-order valence-corrected chi connectivity index (χ0v) is 14.9. The highest BCUT2D eigenvalue weighted by Crippen LogP contribution is 2.29. The van der Waals surface area contributed by atoms with E-state index in [0.29, 0.717) is 28.5 Å². The molecule has 8 nitrogen and oxygen atoms in total. The maximum absolute atomic E-state index is 12.7. The Bertz CT molecular complexity index is 991. The van der Waals surface area contributed by atoms with Crippen LogP contribution in [0.1, 0.15) is 18.2 Å². The minimum absolute atomic E-state index is 0.0926. The summed E-state index contributed by atoms with van der Waals surface area (Å²) in [5, 5.41) is 5.31. The Morgan fingerprint density at radius 1 is 1.08 bits per heavy atom. The molecule has 8 heteroatoms. The van der Waals surface area contributed by atoms with E-state index in [-0.39, 0.29) is 17.4 Å². The van der Waals surface area contributed by atoms with Crippen molar-refractivity contribution in [3.63, 3.8) is 0 Å². The third-order valence-corrected chi connectivity index (χ3v) is 3.84. The van der Waals surface area contributed by atoms with E-state index in [9.17, 15) is 9.59 Å². The summed E-state index contributed by atoms with van der Waals surface area (Å²) >= 11 is 0. The molecule has 0 bridgehead atoms. The first kappa shape index (κ1) is 17.4.